The van der Waals surface area contributed by atoms with Crippen LogP contribution in [0.25, 0.3) is 0 Å². The van der Waals surface area contributed by atoms with Crippen LogP contribution in [0.2, 0.25) is 0 Å². The summed E-state index contributed by atoms with van der Waals surface area (Å²) in [6.45, 7) is 1.75. The van der Waals surface area contributed by atoms with Gasteiger partial charge in [-0.15, -0.1) is 0 Å². The van der Waals surface area contributed by atoms with E-state index in [0.29, 0.717) is 11.3 Å². The maximum absolute atomic E-state index is 12.6. The van der Waals surface area contributed by atoms with Gasteiger partial charge in [0.25, 0.3) is 5.91 Å². The maximum atomic E-state index is 12.6. The molecule has 5 nitrogen and oxygen atoms in total. The van der Waals surface area contributed by atoms with Crippen molar-refractivity contribution in [3.05, 3.63) is 52.5 Å². The normalized spacial score (nSPS) is 17.7. The number of hydrogen-bond donors (Lipinski definition) is 2. The Hall–Kier alpha value is -2.34. The van der Waals surface area contributed by atoms with Gasteiger partial charge in [0.1, 0.15) is 11.8 Å². The number of amides is 2. The second-order valence-electron chi connectivity index (χ2n) is 5.45. The first-order chi connectivity index (χ1) is 11.0. The monoisotopic (exact) mass is 374 g/mol. The summed E-state index contributed by atoms with van der Waals surface area (Å²) in [6, 6.07) is 11.4. The van der Waals surface area contributed by atoms with Crippen molar-refractivity contribution in [1.29, 1.82) is 0 Å². The van der Waals surface area contributed by atoms with E-state index in [1.54, 1.807) is 13.0 Å². The summed E-state index contributed by atoms with van der Waals surface area (Å²) >= 11 is 3.38. The number of aromatic hydroxyl groups is 1. The van der Waals surface area contributed by atoms with Gasteiger partial charge in [-0.05, 0) is 48.9 Å². The average Bonchev–Trinajstić information content (AvgIpc) is 2.74. The molecule has 1 fully saturated rings. The maximum Gasteiger partial charge on any atom is 0.256 e. The zero-order valence-electron chi connectivity index (χ0n) is 12.4. The van der Waals surface area contributed by atoms with Crippen molar-refractivity contribution in [3.8, 4) is 5.75 Å². The largest absolute Gasteiger partial charge is 0.508 e. The molecule has 1 unspecified atom stereocenters. The fourth-order valence-electron chi connectivity index (χ4n) is 2.67. The molecule has 6 heteroatoms. The van der Waals surface area contributed by atoms with Crippen molar-refractivity contribution >= 4 is 39.1 Å². The number of carbonyl (C=O) groups is 2. The van der Waals surface area contributed by atoms with Crippen LogP contribution in [0.1, 0.15) is 12.0 Å². The van der Waals surface area contributed by atoms with Crippen LogP contribution in [0, 0.1) is 6.92 Å². The summed E-state index contributed by atoms with van der Waals surface area (Å²) in [5.41, 5.74) is 1.96. The lowest BCUT2D eigenvalue weighted by Crippen LogP contribution is -2.35. The lowest BCUT2D eigenvalue weighted by molar-refractivity contribution is -0.121. The molecule has 1 saturated heterocycles. The smallest absolute Gasteiger partial charge is 0.256 e. The Kier molecular flexibility index (Phi) is 4.09. The van der Waals surface area contributed by atoms with Gasteiger partial charge in [0, 0.05) is 10.2 Å². The standard InChI is InChI=1S/C17H15BrN2O3/c1-10-7-13(21)5-6-15(10)20-16(22)9-14(17(20)23)19-12-4-2-3-11(18)8-12/h2-8,14,19,21H,9H2,1H3. The van der Waals surface area contributed by atoms with Crippen LogP contribution in [0.4, 0.5) is 11.4 Å². The fourth-order valence-corrected chi connectivity index (χ4v) is 3.07. The lowest BCUT2D eigenvalue weighted by Gasteiger charge is -2.18. The quantitative estimate of drug-likeness (QED) is 0.809. The molecule has 1 atom stereocenters. The second-order valence-corrected chi connectivity index (χ2v) is 6.37. The van der Waals surface area contributed by atoms with E-state index in [9.17, 15) is 14.7 Å². The molecular formula is C17H15BrN2O3. The van der Waals surface area contributed by atoms with E-state index in [4.69, 9.17) is 0 Å². The Labute approximate surface area is 142 Å². The Morgan fingerprint density at radius 2 is 2.00 bits per heavy atom. The van der Waals surface area contributed by atoms with E-state index in [1.807, 2.05) is 24.3 Å². The van der Waals surface area contributed by atoms with Gasteiger partial charge in [0.2, 0.25) is 5.91 Å². The third-order valence-corrected chi connectivity index (χ3v) is 4.23. The summed E-state index contributed by atoms with van der Waals surface area (Å²) in [7, 11) is 0. The number of halogens is 1. The van der Waals surface area contributed by atoms with Crippen LogP contribution in [0.15, 0.2) is 46.9 Å². The molecule has 23 heavy (non-hydrogen) atoms. The molecule has 2 N–H and O–H groups in total. The molecule has 2 aromatic carbocycles. The molecule has 2 aromatic rings. The highest BCUT2D eigenvalue weighted by molar-refractivity contribution is 9.10. The Morgan fingerprint density at radius 1 is 1.22 bits per heavy atom. The molecule has 1 aliphatic heterocycles. The van der Waals surface area contributed by atoms with Gasteiger partial charge in [0.05, 0.1) is 12.1 Å². The predicted octanol–water partition coefficient (Wildman–Crippen LogP) is 3.21. The number of anilines is 2. The molecule has 0 aliphatic carbocycles. The number of benzene rings is 2. The summed E-state index contributed by atoms with van der Waals surface area (Å²) in [6.07, 6.45) is 0.103. The Morgan fingerprint density at radius 3 is 2.70 bits per heavy atom. The van der Waals surface area contributed by atoms with Crippen molar-refractivity contribution in [1.82, 2.24) is 0 Å². The molecular weight excluding hydrogens is 360 g/mol. The van der Waals surface area contributed by atoms with Crippen LogP contribution in [-0.2, 0) is 9.59 Å². The minimum atomic E-state index is -0.593. The molecule has 118 valence electrons. The van der Waals surface area contributed by atoms with Gasteiger partial charge in [0.15, 0.2) is 0 Å². The van der Waals surface area contributed by atoms with Crippen molar-refractivity contribution in [3.63, 3.8) is 0 Å². The molecule has 0 spiro atoms. The first kappa shape index (κ1) is 15.6. The van der Waals surface area contributed by atoms with Gasteiger partial charge in [-0.1, -0.05) is 22.0 Å². The molecule has 2 amide bonds. The second kappa shape index (κ2) is 6.04. The van der Waals surface area contributed by atoms with Crippen LogP contribution in [0.5, 0.6) is 5.75 Å². The highest BCUT2D eigenvalue weighted by Gasteiger charge is 2.40. The number of imide groups is 1. The summed E-state index contributed by atoms with van der Waals surface area (Å²) < 4.78 is 0.894. The van der Waals surface area contributed by atoms with Gasteiger partial charge < -0.3 is 10.4 Å². The van der Waals surface area contributed by atoms with Crippen molar-refractivity contribution in [2.24, 2.45) is 0 Å². The van der Waals surface area contributed by atoms with E-state index >= 15 is 0 Å². The molecule has 0 bridgehead atoms. The summed E-state index contributed by atoms with van der Waals surface area (Å²) in [5.74, 6) is -0.436. The van der Waals surface area contributed by atoms with Crippen molar-refractivity contribution in [2.45, 2.75) is 19.4 Å². The third-order valence-electron chi connectivity index (χ3n) is 3.73. The number of carbonyl (C=O) groups excluding carboxylic acids is 2. The van der Waals surface area contributed by atoms with Crippen LogP contribution >= 0.6 is 15.9 Å². The minimum Gasteiger partial charge on any atom is -0.508 e. The van der Waals surface area contributed by atoms with Gasteiger partial charge in [-0.25, -0.2) is 4.90 Å². The van der Waals surface area contributed by atoms with E-state index in [0.717, 1.165) is 10.2 Å². The zero-order valence-corrected chi connectivity index (χ0v) is 14.0. The van der Waals surface area contributed by atoms with Gasteiger partial charge in [-0.2, -0.15) is 0 Å². The number of rotatable bonds is 3. The molecule has 0 aromatic heterocycles. The van der Waals surface area contributed by atoms with Crippen molar-refractivity contribution < 1.29 is 14.7 Å². The molecule has 0 radical (unpaired) electrons. The number of hydrogen-bond acceptors (Lipinski definition) is 4. The summed E-state index contributed by atoms with van der Waals surface area (Å²) in [5, 5.41) is 12.6. The average molecular weight is 375 g/mol. The number of nitrogens with zero attached hydrogens (tertiary/aromatic N) is 1. The minimum absolute atomic E-state index is 0.103. The topological polar surface area (TPSA) is 69.6 Å². The third kappa shape index (κ3) is 3.07. The first-order valence-electron chi connectivity index (χ1n) is 7.14. The Bertz CT molecular complexity index is 791. The van der Waals surface area contributed by atoms with Crippen molar-refractivity contribution in [2.75, 3.05) is 10.2 Å². The van der Waals surface area contributed by atoms with Crippen LogP contribution in [-0.4, -0.2) is 23.0 Å². The van der Waals surface area contributed by atoms with Gasteiger partial charge in [-0.3, -0.25) is 9.59 Å². The zero-order chi connectivity index (χ0) is 16.6. The van der Waals surface area contributed by atoms with Gasteiger partial charge >= 0.3 is 0 Å². The Balaban J connectivity index is 1.85. The molecule has 1 heterocycles. The van der Waals surface area contributed by atoms with E-state index < -0.39 is 6.04 Å². The highest BCUT2D eigenvalue weighted by Crippen LogP contribution is 2.30. The lowest BCUT2D eigenvalue weighted by atomic mass is 10.1. The molecule has 3 rings (SSSR count). The number of phenolic OH excluding ortho intramolecular Hbond substituents is 1. The van der Waals surface area contributed by atoms with Crippen LogP contribution in [0.3, 0.4) is 0 Å². The van der Waals surface area contributed by atoms with Crippen LogP contribution < -0.4 is 10.2 Å². The number of nitrogens with one attached hydrogen (secondary N) is 1. The van der Waals surface area contributed by atoms with E-state index in [1.165, 1.54) is 17.0 Å². The number of aryl methyl sites for hydroxylation is 1. The number of phenols is 1. The SMILES string of the molecule is Cc1cc(O)ccc1N1C(=O)CC(Nc2cccc(Br)c2)C1=O. The predicted molar refractivity (Wildman–Crippen MR) is 91.5 cm³/mol. The summed E-state index contributed by atoms with van der Waals surface area (Å²) in [4.78, 5) is 26.1. The molecule has 0 saturated carbocycles. The van der Waals surface area contributed by atoms with E-state index in [2.05, 4.69) is 21.2 Å². The first-order valence-corrected chi connectivity index (χ1v) is 7.93. The molecule has 1 aliphatic rings. The van der Waals surface area contributed by atoms with E-state index in [-0.39, 0.29) is 24.0 Å². The highest BCUT2D eigenvalue weighted by atomic mass is 79.9. The fraction of sp³-hybridized carbons (Fsp3) is 0.176.